The van der Waals surface area contributed by atoms with Crippen molar-refractivity contribution in [1.82, 2.24) is 0 Å². The van der Waals surface area contributed by atoms with E-state index >= 15 is 0 Å². The summed E-state index contributed by atoms with van der Waals surface area (Å²) >= 11 is 1.71. The summed E-state index contributed by atoms with van der Waals surface area (Å²) in [5.41, 5.74) is 0.888. The fraction of sp³-hybridized carbons (Fsp3) is 0.300. The van der Waals surface area contributed by atoms with E-state index in [1.807, 2.05) is 0 Å². The van der Waals surface area contributed by atoms with E-state index in [0.717, 1.165) is 29.6 Å². The Morgan fingerprint density at radius 2 is 2.07 bits per heavy atom. The van der Waals surface area contributed by atoms with Gasteiger partial charge in [-0.3, -0.25) is 4.99 Å². The lowest BCUT2D eigenvalue weighted by molar-refractivity contribution is 0.628. The molecule has 0 spiro atoms. The van der Waals surface area contributed by atoms with Crippen LogP contribution >= 0.6 is 11.8 Å². The van der Waals surface area contributed by atoms with E-state index in [9.17, 15) is 4.39 Å². The molecule has 14 heavy (non-hydrogen) atoms. The summed E-state index contributed by atoms with van der Waals surface area (Å²) in [6.07, 6.45) is 1.14. The quantitative estimate of drug-likeness (QED) is 0.770. The maximum absolute atomic E-state index is 12.6. The van der Waals surface area contributed by atoms with E-state index in [2.05, 4.69) is 10.3 Å². The molecular formula is C10H11FN2S. The minimum Gasteiger partial charge on any atom is -0.335 e. The van der Waals surface area contributed by atoms with E-state index < -0.39 is 0 Å². The van der Waals surface area contributed by atoms with Gasteiger partial charge in [-0.2, -0.15) is 0 Å². The van der Waals surface area contributed by atoms with Gasteiger partial charge in [0.2, 0.25) is 0 Å². The average molecular weight is 210 g/mol. The molecule has 1 N–H and O–H groups in total. The molecule has 4 heteroatoms. The van der Waals surface area contributed by atoms with Gasteiger partial charge in [0.1, 0.15) is 5.82 Å². The van der Waals surface area contributed by atoms with E-state index in [1.165, 1.54) is 12.1 Å². The molecule has 1 aromatic carbocycles. The van der Waals surface area contributed by atoms with Gasteiger partial charge in [-0.25, -0.2) is 4.39 Å². The standard InChI is InChI=1S/C10H11FN2S/c11-8-2-4-9(5-3-8)13-10-12-6-1-7-14-10/h2-5H,1,6-7H2,(H,12,13). The minimum absolute atomic E-state index is 0.214. The molecule has 0 fully saturated rings. The van der Waals surface area contributed by atoms with Crippen LogP contribution in [-0.2, 0) is 0 Å². The van der Waals surface area contributed by atoms with Crippen LogP contribution in [0.5, 0.6) is 0 Å². The molecule has 74 valence electrons. The molecule has 0 saturated heterocycles. The van der Waals surface area contributed by atoms with Crippen molar-refractivity contribution in [3.05, 3.63) is 30.1 Å². The monoisotopic (exact) mass is 210 g/mol. The van der Waals surface area contributed by atoms with Crippen LogP contribution in [0.15, 0.2) is 29.3 Å². The third kappa shape index (κ3) is 2.48. The second-order valence-corrected chi connectivity index (χ2v) is 4.10. The molecule has 0 bridgehead atoms. The molecule has 0 aliphatic carbocycles. The smallest absolute Gasteiger partial charge is 0.161 e. The summed E-state index contributed by atoms with van der Waals surface area (Å²) in [6.45, 7) is 0.885. The zero-order chi connectivity index (χ0) is 9.80. The van der Waals surface area contributed by atoms with Gasteiger partial charge in [0.05, 0.1) is 0 Å². The highest BCUT2D eigenvalue weighted by Crippen LogP contribution is 2.16. The van der Waals surface area contributed by atoms with Crippen molar-refractivity contribution in [1.29, 1.82) is 0 Å². The predicted molar refractivity (Wildman–Crippen MR) is 59.4 cm³/mol. The zero-order valence-electron chi connectivity index (χ0n) is 7.66. The van der Waals surface area contributed by atoms with Gasteiger partial charge in [0, 0.05) is 18.0 Å². The zero-order valence-corrected chi connectivity index (χ0v) is 8.48. The lowest BCUT2D eigenvalue weighted by Gasteiger charge is -2.12. The highest BCUT2D eigenvalue weighted by atomic mass is 32.2. The highest BCUT2D eigenvalue weighted by molar-refractivity contribution is 8.14. The summed E-state index contributed by atoms with van der Waals surface area (Å²) in [4.78, 5) is 4.32. The van der Waals surface area contributed by atoms with Gasteiger partial charge in [-0.15, -0.1) is 0 Å². The summed E-state index contributed by atoms with van der Waals surface area (Å²) in [6, 6.07) is 6.31. The SMILES string of the molecule is Fc1ccc(NC2=NCCCS2)cc1. The Morgan fingerprint density at radius 1 is 1.29 bits per heavy atom. The number of amidine groups is 1. The molecule has 0 aromatic heterocycles. The fourth-order valence-electron chi connectivity index (χ4n) is 1.19. The maximum Gasteiger partial charge on any atom is 0.161 e. The third-order valence-corrected chi connectivity index (χ3v) is 2.89. The number of thioether (sulfide) groups is 1. The van der Waals surface area contributed by atoms with E-state index in [1.54, 1.807) is 23.9 Å². The Bertz CT molecular complexity index is 334. The lowest BCUT2D eigenvalue weighted by Crippen LogP contribution is -2.13. The number of halogens is 1. The number of aliphatic imine (C=N–C) groups is 1. The molecule has 2 rings (SSSR count). The summed E-state index contributed by atoms with van der Waals surface area (Å²) < 4.78 is 12.6. The first kappa shape index (κ1) is 9.52. The van der Waals surface area contributed by atoms with Gasteiger partial charge in [0.15, 0.2) is 5.17 Å². The van der Waals surface area contributed by atoms with E-state index in [-0.39, 0.29) is 5.82 Å². The van der Waals surface area contributed by atoms with E-state index in [4.69, 9.17) is 0 Å². The first-order valence-electron chi connectivity index (χ1n) is 4.54. The molecule has 2 nitrogen and oxygen atoms in total. The van der Waals surface area contributed by atoms with Crippen molar-refractivity contribution in [2.75, 3.05) is 17.6 Å². The van der Waals surface area contributed by atoms with Crippen LogP contribution < -0.4 is 5.32 Å². The number of anilines is 1. The van der Waals surface area contributed by atoms with Crippen molar-refractivity contribution < 1.29 is 4.39 Å². The molecule has 0 radical (unpaired) electrons. The van der Waals surface area contributed by atoms with Crippen LogP contribution in [0.2, 0.25) is 0 Å². The summed E-state index contributed by atoms with van der Waals surface area (Å²) in [5, 5.41) is 4.09. The Balaban J connectivity index is 2.03. The predicted octanol–water partition coefficient (Wildman–Crippen LogP) is 2.73. The highest BCUT2D eigenvalue weighted by Gasteiger charge is 2.05. The number of hydrogen-bond donors (Lipinski definition) is 1. The van der Waals surface area contributed by atoms with Crippen LogP contribution in [0, 0.1) is 5.82 Å². The van der Waals surface area contributed by atoms with Gasteiger partial charge < -0.3 is 5.32 Å². The number of benzene rings is 1. The van der Waals surface area contributed by atoms with Crippen LogP contribution in [0.25, 0.3) is 0 Å². The van der Waals surface area contributed by atoms with Gasteiger partial charge >= 0.3 is 0 Å². The fourth-order valence-corrected chi connectivity index (χ4v) is 2.03. The number of rotatable bonds is 1. The first-order valence-corrected chi connectivity index (χ1v) is 5.53. The van der Waals surface area contributed by atoms with Crippen LogP contribution in [0.1, 0.15) is 6.42 Å². The largest absolute Gasteiger partial charge is 0.335 e. The lowest BCUT2D eigenvalue weighted by atomic mass is 10.3. The molecule has 1 heterocycles. The number of nitrogens with one attached hydrogen (secondary N) is 1. The minimum atomic E-state index is -0.214. The molecule has 0 amide bonds. The molecule has 1 aliphatic heterocycles. The van der Waals surface area contributed by atoms with Crippen molar-refractivity contribution >= 4 is 22.6 Å². The molecule has 1 aromatic rings. The van der Waals surface area contributed by atoms with Gasteiger partial charge in [-0.1, -0.05) is 11.8 Å². The average Bonchev–Trinajstić information content (AvgIpc) is 2.23. The van der Waals surface area contributed by atoms with Crippen molar-refractivity contribution in [2.24, 2.45) is 4.99 Å². The Labute approximate surface area is 86.6 Å². The maximum atomic E-state index is 12.6. The van der Waals surface area contributed by atoms with Crippen molar-refractivity contribution in [3.63, 3.8) is 0 Å². The molecular weight excluding hydrogens is 199 g/mol. The molecule has 1 aliphatic rings. The Hall–Kier alpha value is -1.03. The first-order chi connectivity index (χ1) is 6.84. The van der Waals surface area contributed by atoms with Crippen LogP contribution in [0.3, 0.4) is 0 Å². The Morgan fingerprint density at radius 3 is 2.71 bits per heavy atom. The van der Waals surface area contributed by atoms with Crippen molar-refractivity contribution in [3.8, 4) is 0 Å². The molecule has 0 unspecified atom stereocenters. The normalized spacial score (nSPS) is 16.2. The summed E-state index contributed by atoms with van der Waals surface area (Å²) in [7, 11) is 0. The number of nitrogens with zero attached hydrogens (tertiary/aromatic N) is 1. The summed E-state index contributed by atoms with van der Waals surface area (Å²) in [5.74, 6) is 0.890. The van der Waals surface area contributed by atoms with Crippen molar-refractivity contribution in [2.45, 2.75) is 6.42 Å². The van der Waals surface area contributed by atoms with Crippen LogP contribution in [-0.4, -0.2) is 17.5 Å². The van der Waals surface area contributed by atoms with E-state index in [0.29, 0.717) is 0 Å². The van der Waals surface area contributed by atoms with Gasteiger partial charge in [-0.05, 0) is 30.7 Å². The molecule has 0 saturated carbocycles. The number of hydrogen-bond acceptors (Lipinski definition) is 3. The topological polar surface area (TPSA) is 24.4 Å². The van der Waals surface area contributed by atoms with Gasteiger partial charge in [0.25, 0.3) is 0 Å². The third-order valence-electron chi connectivity index (χ3n) is 1.89. The van der Waals surface area contributed by atoms with Crippen LogP contribution in [0.4, 0.5) is 10.1 Å². The second-order valence-electron chi connectivity index (χ2n) is 3.02. The molecule has 0 atom stereocenters. The second kappa shape index (κ2) is 4.46. The Kier molecular flexibility index (Phi) is 3.03.